The number of carbonyl (C=O) groups is 4. The van der Waals surface area contributed by atoms with E-state index in [0.29, 0.717) is 54.2 Å². The van der Waals surface area contributed by atoms with E-state index in [9.17, 15) is 24.3 Å². The maximum absolute atomic E-state index is 13.4. The maximum Gasteiger partial charge on any atom is 0.305 e. The lowest BCUT2D eigenvalue weighted by Crippen LogP contribution is -2.49. The first-order valence-electron chi connectivity index (χ1n) is 14.2. The summed E-state index contributed by atoms with van der Waals surface area (Å²) in [7, 11) is 0. The zero-order valence-electron chi connectivity index (χ0n) is 24.1. The van der Waals surface area contributed by atoms with Gasteiger partial charge in [-0.15, -0.1) is 0 Å². The average Bonchev–Trinajstić information content (AvgIpc) is 3.05. The highest BCUT2D eigenvalue weighted by atomic mass is 16.4. The molecule has 0 bridgehead atoms. The largest absolute Gasteiger partial charge is 0.481 e. The van der Waals surface area contributed by atoms with Crippen molar-refractivity contribution < 1.29 is 24.3 Å². The molecule has 11 nitrogen and oxygen atoms in total. The van der Waals surface area contributed by atoms with Crippen molar-refractivity contribution in [3.63, 3.8) is 0 Å². The van der Waals surface area contributed by atoms with Gasteiger partial charge in [0.1, 0.15) is 0 Å². The number of rotatable bonds is 9. The molecule has 5 rings (SSSR count). The molecule has 0 radical (unpaired) electrons. The van der Waals surface area contributed by atoms with Gasteiger partial charge in [0.15, 0.2) is 0 Å². The number of carboxylic acids is 1. The molecular formula is C33H32N6O5. The summed E-state index contributed by atoms with van der Waals surface area (Å²) in [5, 5.41) is 15.3. The highest BCUT2D eigenvalue weighted by Crippen LogP contribution is 2.30. The highest BCUT2D eigenvalue weighted by molar-refractivity contribution is 6.07. The van der Waals surface area contributed by atoms with Gasteiger partial charge in [0.25, 0.3) is 17.7 Å². The number of pyridine rings is 2. The van der Waals surface area contributed by atoms with Crippen LogP contribution in [0, 0.1) is 6.92 Å². The number of aliphatic carboxylic acids is 1. The third-order valence-electron chi connectivity index (χ3n) is 7.43. The second kappa shape index (κ2) is 13.6. The summed E-state index contributed by atoms with van der Waals surface area (Å²) in [5.41, 5.74) is 3.97. The molecule has 1 atom stereocenters. The first-order valence-corrected chi connectivity index (χ1v) is 14.2. The fourth-order valence-corrected chi connectivity index (χ4v) is 5.04. The SMILES string of the molecule is Cc1ccc(C(CC(=O)O)NC(=O)c2ccc(N3CCN(C(=O)c4cccnc4)CC3)c(NC(=O)c3ccncc3)c2)cc1. The quantitative estimate of drug-likeness (QED) is 0.265. The van der Waals surface area contributed by atoms with Crippen LogP contribution >= 0.6 is 0 Å². The van der Waals surface area contributed by atoms with Gasteiger partial charge in [-0.05, 0) is 55.0 Å². The van der Waals surface area contributed by atoms with Crippen LogP contribution in [0.1, 0.15) is 54.7 Å². The van der Waals surface area contributed by atoms with Crippen LogP contribution in [-0.2, 0) is 4.79 Å². The molecule has 3 heterocycles. The standard InChI is InChI=1S/C33H32N6O5/c1-22-4-6-23(7-5-22)27(20-30(40)41)36-32(43)25-8-9-29(28(19-25)37-31(42)24-10-13-34-14-11-24)38-15-17-39(18-16-38)33(44)26-3-2-12-35-21-26/h2-14,19,21,27H,15-18,20H2,1H3,(H,36,43)(H,37,42)(H,40,41). The van der Waals surface area contributed by atoms with E-state index in [1.54, 1.807) is 71.9 Å². The van der Waals surface area contributed by atoms with E-state index in [2.05, 4.69) is 25.5 Å². The summed E-state index contributed by atoms with van der Waals surface area (Å²) >= 11 is 0. The lowest BCUT2D eigenvalue weighted by atomic mass is 10.0. The number of amides is 3. The fourth-order valence-electron chi connectivity index (χ4n) is 5.04. The Kier molecular flexibility index (Phi) is 9.24. The van der Waals surface area contributed by atoms with E-state index in [-0.39, 0.29) is 23.8 Å². The van der Waals surface area contributed by atoms with Crippen LogP contribution in [0.15, 0.2) is 91.5 Å². The molecule has 1 unspecified atom stereocenters. The summed E-state index contributed by atoms with van der Waals surface area (Å²) < 4.78 is 0. The minimum absolute atomic E-state index is 0.0968. The summed E-state index contributed by atoms with van der Waals surface area (Å²) in [4.78, 5) is 62.9. The van der Waals surface area contributed by atoms with Gasteiger partial charge in [-0.25, -0.2) is 0 Å². The van der Waals surface area contributed by atoms with Crippen LogP contribution in [0.3, 0.4) is 0 Å². The lowest BCUT2D eigenvalue weighted by Gasteiger charge is -2.37. The van der Waals surface area contributed by atoms with Gasteiger partial charge in [-0.3, -0.25) is 29.1 Å². The predicted molar refractivity (Wildman–Crippen MR) is 165 cm³/mol. The van der Waals surface area contributed by atoms with E-state index >= 15 is 0 Å². The van der Waals surface area contributed by atoms with Crippen molar-refractivity contribution in [1.82, 2.24) is 20.2 Å². The van der Waals surface area contributed by atoms with E-state index in [0.717, 1.165) is 5.56 Å². The van der Waals surface area contributed by atoms with Crippen molar-refractivity contribution >= 4 is 35.1 Å². The molecule has 1 aliphatic rings. The number of nitrogens with zero attached hydrogens (tertiary/aromatic N) is 4. The Balaban J connectivity index is 1.38. The third-order valence-corrected chi connectivity index (χ3v) is 7.43. The van der Waals surface area contributed by atoms with Crippen LogP contribution < -0.4 is 15.5 Å². The van der Waals surface area contributed by atoms with E-state index in [1.807, 2.05) is 19.1 Å². The molecule has 1 aliphatic heterocycles. The number of aryl methyl sites for hydroxylation is 1. The summed E-state index contributed by atoms with van der Waals surface area (Å²) in [6.07, 6.45) is 5.92. The van der Waals surface area contributed by atoms with Crippen molar-refractivity contribution in [3.8, 4) is 0 Å². The molecule has 44 heavy (non-hydrogen) atoms. The molecule has 0 spiro atoms. The minimum atomic E-state index is -1.04. The molecule has 4 aromatic rings. The first kappa shape index (κ1) is 29.9. The highest BCUT2D eigenvalue weighted by Gasteiger charge is 2.26. The van der Waals surface area contributed by atoms with Gasteiger partial charge in [0.05, 0.1) is 29.4 Å². The Bertz CT molecular complexity index is 1640. The van der Waals surface area contributed by atoms with E-state index < -0.39 is 17.9 Å². The number of hydrogen-bond donors (Lipinski definition) is 3. The van der Waals surface area contributed by atoms with E-state index in [1.165, 1.54) is 12.4 Å². The Morgan fingerprint density at radius 2 is 1.55 bits per heavy atom. The molecule has 224 valence electrons. The Labute approximate surface area is 254 Å². The lowest BCUT2D eigenvalue weighted by molar-refractivity contribution is -0.137. The molecule has 2 aromatic carbocycles. The molecule has 0 aliphatic carbocycles. The monoisotopic (exact) mass is 592 g/mol. The van der Waals surface area contributed by atoms with Crippen molar-refractivity contribution in [3.05, 3.63) is 119 Å². The van der Waals surface area contributed by atoms with Crippen molar-refractivity contribution in [2.24, 2.45) is 0 Å². The van der Waals surface area contributed by atoms with Crippen molar-refractivity contribution in [1.29, 1.82) is 0 Å². The number of benzene rings is 2. The van der Waals surface area contributed by atoms with Gasteiger partial charge in [0.2, 0.25) is 0 Å². The zero-order valence-corrected chi connectivity index (χ0v) is 24.1. The average molecular weight is 593 g/mol. The second-order valence-corrected chi connectivity index (χ2v) is 10.5. The van der Waals surface area contributed by atoms with Gasteiger partial charge in [-0.1, -0.05) is 29.8 Å². The topological polar surface area (TPSA) is 145 Å². The number of hydrogen-bond acceptors (Lipinski definition) is 7. The molecular weight excluding hydrogens is 560 g/mol. The number of nitrogens with one attached hydrogen (secondary N) is 2. The number of carbonyl (C=O) groups excluding carboxylic acids is 3. The first-order chi connectivity index (χ1) is 21.3. The van der Waals surface area contributed by atoms with Crippen molar-refractivity contribution in [2.45, 2.75) is 19.4 Å². The van der Waals surface area contributed by atoms with Crippen LogP contribution in [-0.4, -0.2) is 69.8 Å². The smallest absolute Gasteiger partial charge is 0.305 e. The zero-order chi connectivity index (χ0) is 31.1. The van der Waals surface area contributed by atoms with Gasteiger partial charge in [0, 0.05) is 62.1 Å². The molecule has 1 fully saturated rings. The molecule has 0 saturated carbocycles. The Morgan fingerprint density at radius 3 is 2.20 bits per heavy atom. The second-order valence-electron chi connectivity index (χ2n) is 10.5. The third kappa shape index (κ3) is 7.24. The van der Waals surface area contributed by atoms with E-state index in [4.69, 9.17) is 0 Å². The molecule has 3 amide bonds. The number of anilines is 2. The van der Waals surface area contributed by atoms with Crippen LogP contribution in [0.25, 0.3) is 0 Å². The van der Waals surface area contributed by atoms with Gasteiger partial charge >= 0.3 is 5.97 Å². The summed E-state index contributed by atoms with van der Waals surface area (Å²) in [6.45, 7) is 3.85. The minimum Gasteiger partial charge on any atom is -0.481 e. The Hall–Kier alpha value is -5.58. The number of piperazine rings is 1. The fraction of sp³-hybridized carbons (Fsp3) is 0.212. The number of carboxylic acid groups (broad SMARTS) is 1. The molecule has 3 N–H and O–H groups in total. The van der Waals surface area contributed by atoms with Crippen LogP contribution in [0.2, 0.25) is 0 Å². The summed E-state index contributed by atoms with van der Waals surface area (Å²) in [5.74, 6) is -1.99. The molecule has 11 heteroatoms. The summed E-state index contributed by atoms with van der Waals surface area (Å²) in [6, 6.07) is 18.2. The van der Waals surface area contributed by atoms with Gasteiger partial charge in [-0.2, -0.15) is 0 Å². The number of aromatic nitrogens is 2. The normalized spacial score (nSPS) is 13.6. The van der Waals surface area contributed by atoms with Crippen molar-refractivity contribution in [2.75, 3.05) is 36.4 Å². The molecule has 2 aromatic heterocycles. The van der Waals surface area contributed by atoms with Crippen LogP contribution in [0.5, 0.6) is 0 Å². The molecule has 1 saturated heterocycles. The van der Waals surface area contributed by atoms with Gasteiger partial charge < -0.3 is 25.5 Å². The van der Waals surface area contributed by atoms with Crippen LogP contribution in [0.4, 0.5) is 11.4 Å². The Morgan fingerprint density at radius 1 is 0.818 bits per heavy atom. The predicted octanol–water partition coefficient (Wildman–Crippen LogP) is 3.95. The maximum atomic E-state index is 13.4.